The normalized spacial score (nSPS) is 20.6. The van der Waals surface area contributed by atoms with Gasteiger partial charge in [0.2, 0.25) is 0 Å². The summed E-state index contributed by atoms with van der Waals surface area (Å²) in [5.41, 5.74) is -12.0. The third kappa shape index (κ3) is 5.34. The van der Waals surface area contributed by atoms with E-state index in [-0.39, 0.29) is 0 Å². The van der Waals surface area contributed by atoms with Gasteiger partial charge in [0.15, 0.2) is 0 Å². The Bertz CT molecular complexity index is 5260. The topological polar surface area (TPSA) is 9.86 Å². The van der Waals surface area contributed by atoms with Gasteiger partial charge in [-0.3, -0.25) is 0 Å². The Morgan fingerprint density at radius 1 is 0.232 bits per heavy atom. The van der Waals surface area contributed by atoms with Crippen LogP contribution in [0.5, 0.6) is 0 Å². The molecular weight excluding hydrogens is 677 g/mol. The molecule has 2 heteroatoms. The molecule has 0 fully saturated rings. The predicted molar refractivity (Wildman–Crippen MR) is 237 cm³/mol. The van der Waals surface area contributed by atoms with E-state index in [0.717, 1.165) is 0 Å². The maximum Gasteiger partial charge on any atom is 0.0651 e. The number of benzene rings is 9. The highest BCUT2D eigenvalue weighted by Gasteiger charge is 2.17. The highest BCUT2D eigenvalue weighted by Crippen LogP contribution is 2.39. The fraction of sp³-hybridized carbons (Fsp3) is 0. The van der Waals surface area contributed by atoms with Crippen molar-refractivity contribution in [1.29, 1.82) is 0 Å². The van der Waals surface area contributed by atoms with Crippen LogP contribution in [0.4, 0.5) is 0 Å². The van der Waals surface area contributed by atoms with Gasteiger partial charge in [-0.05, 0) is 105 Å². The number of fused-ring (bicyclic) bond motifs is 6. The molecule has 0 N–H and O–H groups in total. The zero-order chi connectivity index (χ0) is 68.3. The number of hydrogen-bond donors (Lipinski definition) is 0. The largest absolute Gasteiger partial charge is 0.309 e. The van der Waals surface area contributed by atoms with Crippen LogP contribution in [-0.2, 0) is 0 Å². The van der Waals surface area contributed by atoms with Crippen LogP contribution >= 0.6 is 0 Å². The van der Waals surface area contributed by atoms with Crippen molar-refractivity contribution < 1.29 is 49.3 Å². The fourth-order valence-corrected chi connectivity index (χ4v) is 6.18. The first kappa shape index (κ1) is 12.3. The third-order valence-electron chi connectivity index (χ3n) is 8.61. The van der Waals surface area contributed by atoms with Crippen LogP contribution in [0.3, 0.4) is 0 Å². The van der Waals surface area contributed by atoms with Crippen molar-refractivity contribution in [2.75, 3.05) is 0 Å². The minimum absolute atomic E-state index is 0.609. The summed E-state index contributed by atoms with van der Waals surface area (Å²) in [4.78, 5) is 0. The van der Waals surface area contributed by atoms with Crippen molar-refractivity contribution in [1.82, 2.24) is 9.13 Å². The van der Waals surface area contributed by atoms with E-state index in [2.05, 4.69) is 0 Å². The molecule has 2 nitrogen and oxygen atoms in total. The Balaban J connectivity index is 1.28. The van der Waals surface area contributed by atoms with Crippen LogP contribution in [0.25, 0.3) is 99.5 Å². The molecule has 2 aromatic heterocycles. The summed E-state index contributed by atoms with van der Waals surface area (Å²) in [6.07, 6.45) is 0. The van der Waals surface area contributed by atoms with Gasteiger partial charge in [-0.2, -0.15) is 0 Å². The zero-order valence-electron chi connectivity index (χ0n) is 63.9. The smallest absolute Gasteiger partial charge is 0.0651 e. The predicted octanol–water partition coefficient (Wildman–Crippen LogP) is 14.5. The number of hydrogen-bond acceptors (Lipinski definition) is 0. The van der Waals surface area contributed by atoms with Crippen molar-refractivity contribution in [3.8, 4) is 55.9 Å². The lowest BCUT2D eigenvalue weighted by molar-refractivity contribution is 1.18. The molecule has 0 saturated heterocycles. The van der Waals surface area contributed by atoms with Crippen molar-refractivity contribution in [3.63, 3.8) is 0 Å². The van der Waals surface area contributed by atoms with Crippen LogP contribution in [0.15, 0.2) is 218 Å². The molecular formula is C54H36N2. The van der Waals surface area contributed by atoms with Crippen LogP contribution in [0, 0.1) is 0 Å². The van der Waals surface area contributed by atoms with Gasteiger partial charge >= 0.3 is 0 Å². The Hall–Kier alpha value is -7.42. The van der Waals surface area contributed by atoms with E-state index >= 15 is 0 Å². The van der Waals surface area contributed by atoms with E-state index in [1.54, 1.807) is 0 Å². The van der Waals surface area contributed by atoms with E-state index in [4.69, 9.17) is 27.4 Å². The van der Waals surface area contributed by atoms with E-state index in [0.29, 0.717) is 9.13 Å². The summed E-state index contributed by atoms with van der Waals surface area (Å²) in [6, 6.07) is -37.0. The number of rotatable bonds is 6. The molecule has 0 aliphatic rings. The maximum absolute atomic E-state index is 9.99. The molecule has 0 bridgehead atoms. The molecule has 0 radical (unpaired) electrons. The van der Waals surface area contributed by atoms with Crippen LogP contribution in [-0.4, -0.2) is 9.13 Å². The SMILES string of the molecule is [2H]c1c([2H])c([2H])c(-c2c([2H])c([2H])c(-c3c([2H])c([2H])c([2H])c(-n4c5c([2H])c([2H])c([2H])c([2H])c5c5c([2H])c(-c6c([2H])c([2H])c7c(c6[2H])c6c([2H])c([2H])c([2H])c([2H])c6n7-c6c([2H])c([2H])c([2H])c(-c7c([2H])c([2H])c([2H])c([2H])c7[2H])c6[2H])c([2H])c([2H])c54)c3[2H])c([2H])c2[2H])c([2H])c1[2H]. The summed E-state index contributed by atoms with van der Waals surface area (Å²) >= 11 is 0. The Morgan fingerprint density at radius 3 is 1.04 bits per heavy atom. The molecule has 0 unspecified atom stereocenters. The van der Waals surface area contributed by atoms with Gasteiger partial charge in [0, 0.05) is 32.9 Å². The van der Waals surface area contributed by atoms with E-state index in [9.17, 15) is 21.9 Å². The average molecular weight is 749 g/mol. The van der Waals surface area contributed by atoms with Crippen molar-refractivity contribution in [2.24, 2.45) is 0 Å². The van der Waals surface area contributed by atoms with Gasteiger partial charge in [0.25, 0.3) is 0 Å². The lowest BCUT2D eigenvalue weighted by Gasteiger charge is -2.12. The summed E-state index contributed by atoms with van der Waals surface area (Å²) in [7, 11) is 0. The van der Waals surface area contributed by atoms with Gasteiger partial charge < -0.3 is 9.13 Å². The number of aromatic nitrogens is 2. The molecule has 262 valence electrons. The van der Waals surface area contributed by atoms with Gasteiger partial charge in [-0.25, -0.2) is 0 Å². The van der Waals surface area contributed by atoms with Gasteiger partial charge in [-0.15, -0.1) is 0 Å². The van der Waals surface area contributed by atoms with Crippen molar-refractivity contribution in [2.45, 2.75) is 0 Å². The molecule has 0 spiro atoms. The molecule has 0 atom stereocenters. The number of nitrogens with zero attached hydrogens (tertiary/aromatic N) is 2. The van der Waals surface area contributed by atoms with E-state index in [1.807, 2.05) is 0 Å². The standard InChI is InChI=1S/C54H36N2/c1-3-13-37(14-4-1)39-25-27-40(28-26-39)42-18-12-20-46(34-42)56-52-24-10-8-22-48(52)50-36-44(30-32-54(50)56)43-29-31-53-49(35-43)47-21-7-9-23-51(47)55(53)45-19-11-17-41(33-45)38-15-5-2-6-16-38/h1-36H/i1D,2D,3D,4D,5D,6D,7D,8D,9D,10D,11D,12D,13D,14D,15D,16D,17D,18D,19D,20D,21D,22D,23D,24D,25D,26D,27D,28D,29D,30D,31D,32D,33D,34D,35D,36D. The van der Waals surface area contributed by atoms with Crippen LogP contribution < -0.4 is 0 Å². The van der Waals surface area contributed by atoms with Crippen LogP contribution in [0.2, 0.25) is 0 Å². The molecule has 0 aliphatic carbocycles. The first-order valence-corrected chi connectivity index (χ1v) is 16.3. The van der Waals surface area contributed by atoms with Gasteiger partial charge in [0.1, 0.15) is 0 Å². The average Bonchev–Trinajstić information content (AvgIpc) is 1.50. The fourth-order valence-electron chi connectivity index (χ4n) is 6.18. The van der Waals surface area contributed by atoms with Gasteiger partial charge in [0.05, 0.1) is 71.4 Å². The second-order valence-corrected chi connectivity index (χ2v) is 11.8. The quantitative estimate of drug-likeness (QED) is 0.160. The van der Waals surface area contributed by atoms with Crippen molar-refractivity contribution >= 4 is 43.6 Å². The number of para-hydroxylation sites is 2. The second-order valence-electron chi connectivity index (χ2n) is 11.8. The lowest BCUT2D eigenvalue weighted by Crippen LogP contribution is -1.94. The first-order chi connectivity index (χ1) is 42.8. The molecule has 0 aliphatic heterocycles. The van der Waals surface area contributed by atoms with Crippen molar-refractivity contribution in [3.05, 3.63) is 218 Å². The molecule has 11 rings (SSSR count). The molecule has 9 aromatic carbocycles. The second kappa shape index (κ2) is 13.2. The summed E-state index contributed by atoms with van der Waals surface area (Å²) < 4.78 is 326. The highest BCUT2D eigenvalue weighted by molar-refractivity contribution is 6.12. The molecule has 0 saturated carbocycles. The first-order valence-electron chi connectivity index (χ1n) is 34.3. The molecule has 11 aromatic rings. The van der Waals surface area contributed by atoms with E-state index in [1.165, 1.54) is 0 Å². The maximum atomic E-state index is 9.99. The third-order valence-corrected chi connectivity index (χ3v) is 8.61. The molecule has 0 amide bonds. The summed E-state index contributed by atoms with van der Waals surface area (Å²) in [5, 5.41) is -2.91. The van der Waals surface area contributed by atoms with E-state index < -0.39 is 317 Å². The van der Waals surface area contributed by atoms with Gasteiger partial charge in [-0.1, -0.05) is 157 Å². The zero-order valence-corrected chi connectivity index (χ0v) is 27.9. The monoisotopic (exact) mass is 749 g/mol. The summed E-state index contributed by atoms with van der Waals surface area (Å²) in [5.74, 6) is 0. The minimum Gasteiger partial charge on any atom is -0.309 e. The molecule has 56 heavy (non-hydrogen) atoms. The van der Waals surface area contributed by atoms with Crippen LogP contribution in [0.1, 0.15) is 49.3 Å². The Morgan fingerprint density at radius 2 is 0.554 bits per heavy atom. The summed E-state index contributed by atoms with van der Waals surface area (Å²) in [6.45, 7) is 0. The Labute approximate surface area is 376 Å². The lowest BCUT2D eigenvalue weighted by atomic mass is 10.00. The molecule has 2 heterocycles. The Kier molecular flexibility index (Phi) is 2.89. The highest BCUT2D eigenvalue weighted by atomic mass is 15.0. The minimum atomic E-state index is -1.17.